The van der Waals surface area contributed by atoms with Gasteiger partial charge in [-0.15, -0.1) is 6.58 Å². The molecule has 0 unspecified atom stereocenters. The van der Waals surface area contributed by atoms with Crippen molar-refractivity contribution in [2.45, 2.75) is 12.8 Å². The second-order valence-electron chi connectivity index (χ2n) is 3.26. The fourth-order valence-electron chi connectivity index (χ4n) is 1.40. The summed E-state index contributed by atoms with van der Waals surface area (Å²) in [6, 6.07) is 0. The number of amides is 1. The summed E-state index contributed by atoms with van der Waals surface area (Å²) in [4.78, 5) is 23.1. The normalized spacial score (nSPS) is 16.5. The van der Waals surface area contributed by atoms with E-state index in [0.29, 0.717) is 19.5 Å². The molecule has 4 nitrogen and oxygen atoms in total. The molecule has 1 heterocycles. The van der Waals surface area contributed by atoms with Crippen LogP contribution in [0.25, 0.3) is 0 Å². The Bertz CT molecular complexity index is 231. The van der Waals surface area contributed by atoms with Crippen LogP contribution in [0, 0.1) is 5.92 Å². The Morgan fingerprint density at radius 3 is 2.62 bits per heavy atom. The van der Waals surface area contributed by atoms with Crippen LogP contribution in [0.2, 0.25) is 0 Å². The van der Waals surface area contributed by atoms with E-state index in [9.17, 15) is 9.59 Å². The fourth-order valence-corrected chi connectivity index (χ4v) is 1.40. The summed E-state index contributed by atoms with van der Waals surface area (Å²) in [5.74, 6) is -0.608. The monoisotopic (exact) mass is 183 g/mol. The van der Waals surface area contributed by atoms with Gasteiger partial charge in [-0.2, -0.15) is 0 Å². The lowest BCUT2D eigenvalue weighted by Crippen LogP contribution is -2.50. The molecular formula is C9H13NO3. The van der Waals surface area contributed by atoms with Gasteiger partial charge in [-0.3, -0.25) is 9.59 Å². The average molecular weight is 183 g/mol. The molecule has 0 aromatic heterocycles. The molecule has 1 saturated heterocycles. The molecule has 0 spiro atoms. The van der Waals surface area contributed by atoms with Gasteiger partial charge < -0.3 is 10.0 Å². The molecule has 1 N–H and O–H groups in total. The van der Waals surface area contributed by atoms with Crippen molar-refractivity contribution in [3.05, 3.63) is 12.7 Å². The van der Waals surface area contributed by atoms with Gasteiger partial charge in [0.2, 0.25) is 5.91 Å². The Hall–Kier alpha value is -1.32. The minimum Gasteiger partial charge on any atom is -0.481 e. The number of hydrogen-bond donors (Lipinski definition) is 1. The first kappa shape index (κ1) is 9.77. The molecule has 0 radical (unpaired) electrons. The van der Waals surface area contributed by atoms with Gasteiger partial charge in [0.15, 0.2) is 0 Å². The van der Waals surface area contributed by atoms with Crippen LogP contribution in [-0.2, 0) is 9.59 Å². The minimum atomic E-state index is -0.791. The predicted octanol–water partition coefficient (Wildman–Crippen LogP) is 0.496. The van der Waals surface area contributed by atoms with Crippen molar-refractivity contribution in [3.8, 4) is 0 Å². The van der Waals surface area contributed by atoms with Crippen LogP contribution in [0.15, 0.2) is 12.7 Å². The molecule has 1 amide bonds. The van der Waals surface area contributed by atoms with Gasteiger partial charge in [-0.05, 0) is 0 Å². The lowest BCUT2D eigenvalue weighted by molar-refractivity contribution is -0.144. The van der Waals surface area contributed by atoms with Gasteiger partial charge >= 0.3 is 5.97 Å². The summed E-state index contributed by atoms with van der Waals surface area (Å²) >= 11 is 0. The Balaban J connectivity index is 2.21. The number of carboxylic acids is 1. The van der Waals surface area contributed by atoms with Gasteiger partial charge in [0.25, 0.3) is 0 Å². The Morgan fingerprint density at radius 1 is 1.54 bits per heavy atom. The summed E-state index contributed by atoms with van der Waals surface area (Å²) in [6.07, 6.45) is 2.07. The zero-order chi connectivity index (χ0) is 9.84. The van der Waals surface area contributed by atoms with Crippen LogP contribution >= 0.6 is 0 Å². The fraction of sp³-hybridized carbons (Fsp3) is 0.556. The molecule has 1 aliphatic heterocycles. The van der Waals surface area contributed by atoms with Crippen LogP contribution in [0.1, 0.15) is 12.8 Å². The number of likely N-dealkylation sites (tertiary alicyclic amines) is 1. The standard InChI is InChI=1S/C9H13NO3/c1-2-3-8(11)10-5-7(6-10)4-9(12)13/h2,7H,1,3-6H2,(H,12,13). The van der Waals surface area contributed by atoms with Gasteiger partial charge in [0, 0.05) is 25.4 Å². The summed E-state index contributed by atoms with van der Waals surface area (Å²) in [5.41, 5.74) is 0. The van der Waals surface area contributed by atoms with Crippen LogP contribution < -0.4 is 0 Å². The molecule has 1 aliphatic rings. The highest BCUT2D eigenvalue weighted by Crippen LogP contribution is 2.19. The van der Waals surface area contributed by atoms with Crippen molar-refractivity contribution in [2.24, 2.45) is 5.92 Å². The molecule has 4 heteroatoms. The molecule has 0 bridgehead atoms. The minimum absolute atomic E-state index is 0.0386. The maximum atomic E-state index is 11.2. The van der Waals surface area contributed by atoms with Crippen LogP contribution in [-0.4, -0.2) is 35.0 Å². The van der Waals surface area contributed by atoms with Crippen LogP contribution in [0.5, 0.6) is 0 Å². The van der Waals surface area contributed by atoms with Crippen molar-refractivity contribution < 1.29 is 14.7 Å². The first-order chi connectivity index (χ1) is 6.13. The van der Waals surface area contributed by atoms with Gasteiger partial charge in [0.1, 0.15) is 0 Å². The molecule has 1 fully saturated rings. The lowest BCUT2D eigenvalue weighted by Gasteiger charge is -2.38. The number of rotatable bonds is 4. The molecule has 0 atom stereocenters. The second kappa shape index (κ2) is 4.07. The number of nitrogens with zero attached hydrogens (tertiary/aromatic N) is 1. The summed E-state index contributed by atoms with van der Waals surface area (Å²) in [6.45, 7) is 4.63. The molecule has 0 aromatic carbocycles. The van der Waals surface area contributed by atoms with E-state index in [1.807, 2.05) is 0 Å². The largest absolute Gasteiger partial charge is 0.481 e. The highest BCUT2D eigenvalue weighted by Gasteiger charge is 2.30. The highest BCUT2D eigenvalue weighted by molar-refractivity contribution is 5.78. The first-order valence-corrected chi connectivity index (χ1v) is 4.24. The third-order valence-corrected chi connectivity index (χ3v) is 2.09. The van der Waals surface area contributed by atoms with E-state index >= 15 is 0 Å². The van der Waals surface area contributed by atoms with Gasteiger partial charge in [-0.1, -0.05) is 6.08 Å². The molecule has 1 rings (SSSR count). The van der Waals surface area contributed by atoms with Crippen molar-refractivity contribution in [3.63, 3.8) is 0 Å². The quantitative estimate of drug-likeness (QED) is 0.645. The number of carbonyl (C=O) groups is 2. The third kappa shape index (κ3) is 2.57. The zero-order valence-corrected chi connectivity index (χ0v) is 7.40. The third-order valence-electron chi connectivity index (χ3n) is 2.09. The van der Waals surface area contributed by atoms with Gasteiger partial charge in [-0.25, -0.2) is 0 Å². The summed E-state index contributed by atoms with van der Waals surface area (Å²) in [5, 5.41) is 8.46. The van der Waals surface area contributed by atoms with E-state index in [4.69, 9.17) is 5.11 Å². The summed E-state index contributed by atoms with van der Waals surface area (Å²) < 4.78 is 0. The summed E-state index contributed by atoms with van der Waals surface area (Å²) in [7, 11) is 0. The van der Waals surface area contributed by atoms with Crippen molar-refractivity contribution >= 4 is 11.9 Å². The number of hydrogen-bond acceptors (Lipinski definition) is 2. The van der Waals surface area contributed by atoms with Crippen molar-refractivity contribution in [1.82, 2.24) is 4.90 Å². The van der Waals surface area contributed by atoms with E-state index in [-0.39, 0.29) is 18.2 Å². The number of aliphatic carboxylic acids is 1. The van der Waals surface area contributed by atoms with Crippen molar-refractivity contribution in [1.29, 1.82) is 0 Å². The van der Waals surface area contributed by atoms with E-state index in [1.165, 1.54) is 0 Å². The number of carbonyl (C=O) groups excluding carboxylic acids is 1. The molecule has 0 aromatic rings. The van der Waals surface area contributed by atoms with Gasteiger partial charge in [0.05, 0.1) is 6.42 Å². The van der Waals surface area contributed by atoms with Crippen LogP contribution in [0.3, 0.4) is 0 Å². The molecule has 0 aliphatic carbocycles. The Kier molecular flexibility index (Phi) is 3.06. The highest BCUT2D eigenvalue weighted by atomic mass is 16.4. The zero-order valence-electron chi connectivity index (χ0n) is 7.40. The maximum absolute atomic E-state index is 11.2. The molecule has 0 saturated carbocycles. The SMILES string of the molecule is C=CCC(=O)N1CC(CC(=O)O)C1. The topological polar surface area (TPSA) is 57.6 Å². The molecule has 72 valence electrons. The van der Waals surface area contributed by atoms with Crippen LogP contribution in [0.4, 0.5) is 0 Å². The molecule has 13 heavy (non-hydrogen) atoms. The maximum Gasteiger partial charge on any atom is 0.303 e. The lowest BCUT2D eigenvalue weighted by atomic mass is 9.96. The predicted molar refractivity (Wildman–Crippen MR) is 47.1 cm³/mol. The number of carboxylic acid groups (broad SMARTS) is 1. The van der Waals surface area contributed by atoms with Crippen molar-refractivity contribution in [2.75, 3.05) is 13.1 Å². The smallest absolute Gasteiger partial charge is 0.303 e. The van der Waals surface area contributed by atoms with E-state index in [1.54, 1.807) is 11.0 Å². The van der Waals surface area contributed by atoms with E-state index < -0.39 is 5.97 Å². The van der Waals surface area contributed by atoms with E-state index in [0.717, 1.165) is 0 Å². The average Bonchev–Trinajstić information content (AvgIpc) is 1.95. The second-order valence-corrected chi connectivity index (χ2v) is 3.26. The first-order valence-electron chi connectivity index (χ1n) is 4.24. The molecular weight excluding hydrogens is 170 g/mol. The Morgan fingerprint density at radius 2 is 2.15 bits per heavy atom. The van der Waals surface area contributed by atoms with E-state index in [2.05, 4.69) is 6.58 Å². The Labute approximate surface area is 76.8 Å².